The molecule has 1 atom stereocenters. The highest BCUT2D eigenvalue weighted by atomic mass is 19.4. The zero-order chi connectivity index (χ0) is 18.6. The fourth-order valence-corrected chi connectivity index (χ4v) is 2.15. The number of hydrogen-bond donors (Lipinski definition) is 1. The molecule has 25 heavy (non-hydrogen) atoms. The number of halogens is 3. The van der Waals surface area contributed by atoms with E-state index in [4.69, 9.17) is 9.84 Å². The Hall–Kier alpha value is -2.35. The molecule has 5 nitrogen and oxygen atoms in total. The van der Waals surface area contributed by atoms with Crippen LogP contribution in [0.4, 0.5) is 13.2 Å². The van der Waals surface area contributed by atoms with Crippen LogP contribution in [0.2, 0.25) is 0 Å². The normalized spacial score (nSPS) is 12.9. The van der Waals surface area contributed by atoms with Crippen LogP contribution in [0.1, 0.15) is 34.8 Å². The molecule has 8 heteroatoms. The van der Waals surface area contributed by atoms with Crippen LogP contribution in [0.5, 0.6) is 5.75 Å². The first-order chi connectivity index (χ1) is 11.7. The van der Waals surface area contributed by atoms with Gasteiger partial charge in [-0.2, -0.15) is 18.3 Å². The van der Waals surface area contributed by atoms with Crippen LogP contribution in [-0.2, 0) is 6.54 Å². The number of carbonyl (C=O) groups excluding carboxylic acids is 1. The molecule has 2 rings (SSSR count). The van der Waals surface area contributed by atoms with Crippen molar-refractivity contribution in [3.05, 3.63) is 47.3 Å². The van der Waals surface area contributed by atoms with E-state index in [9.17, 15) is 18.0 Å². The zero-order valence-corrected chi connectivity index (χ0v) is 13.9. The molecule has 0 saturated carbocycles. The molecule has 1 aromatic carbocycles. The van der Waals surface area contributed by atoms with Gasteiger partial charge in [-0.1, -0.05) is 13.0 Å². The minimum Gasteiger partial charge on any atom is -0.491 e. The number of Topliss-reactive ketones (excluding diaryl/α,β-unsaturated/α-hetero) is 1. The SMILES string of the molecule is CCC(=O)c1cnn(Cc2cc(OCC(O)C(F)(F)F)ccc2C)c1. The van der Waals surface area contributed by atoms with E-state index in [1.54, 1.807) is 29.9 Å². The molecular weight excluding hydrogens is 337 g/mol. The Labute approximate surface area is 143 Å². The van der Waals surface area contributed by atoms with Gasteiger partial charge in [0, 0.05) is 12.6 Å². The molecule has 0 aliphatic heterocycles. The molecule has 1 unspecified atom stereocenters. The summed E-state index contributed by atoms with van der Waals surface area (Å²) in [5.41, 5.74) is 2.21. The minimum absolute atomic E-state index is 0.0128. The highest BCUT2D eigenvalue weighted by Crippen LogP contribution is 2.23. The van der Waals surface area contributed by atoms with E-state index < -0.39 is 18.9 Å². The van der Waals surface area contributed by atoms with Crippen molar-refractivity contribution in [3.63, 3.8) is 0 Å². The predicted octanol–water partition coefficient (Wildman–Crippen LogP) is 3.13. The van der Waals surface area contributed by atoms with Gasteiger partial charge in [0.15, 0.2) is 11.9 Å². The van der Waals surface area contributed by atoms with Crippen LogP contribution < -0.4 is 4.74 Å². The molecule has 2 aromatic rings. The number of ketones is 1. The second-order valence-electron chi connectivity index (χ2n) is 5.66. The van der Waals surface area contributed by atoms with Gasteiger partial charge in [0.2, 0.25) is 0 Å². The highest BCUT2D eigenvalue weighted by Gasteiger charge is 2.38. The first kappa shape index (κ1) is 19.0. The number of aryl methyl sites for hydroxylation is 1. The van der Waals surface area contributed by atoms with Gasteiger partial charge < -0.3 is 9.84 Å². The van der Waals surface area contributed by atoms with Crippen molar-refractivity contribution in [1.29, 1.82) is 0 Å². The van der Waals surface area contributed by atoms with Crippen LogP contribution >= 0.6 is 0 Å². The van der Waals surface area contributed by atoms with Crippen LogP contribution in [-0.4, -0.2) is 39.6 Å². The molecule has 0 radical (unpaired) electrons. The summed E-state index contributed by atoms with van der Waals surface area (Å²) in [7, 11) is 0. The molecule has 0 spiro atoms. The third-order valence-corrected chi connectivity index (χ3v) is 3.71. The summed E-state index contributed by atoms with van der Waals surface area (Å²) in [6.07, 6.45) is -3.75. The number of carbonyl (C=O) groups is 1. The number of ether oxygens (including phenoxy) is 1. The van der Waals surface area contributed by atoms with Gasteiger partial charge in [-0.25, -0.2) is 0 Å². The number of nitrogens with zero attached hydrogens (tertiary/aromatic N) is 2. The third-order valence-electron chi connectivity index (χ3n) is 3.71. The quantitative estimate of drug-likeness (QED) is 0.774. The Morgan fingerprint density at radius 1 is 1.40 bits per heavy atom. The summed E-state index contributed by atoms with van der Waals surface area (Å²) in [4.78, 5) is 11.6. The molecule has 0 bridgehead atoms. The molecule has 0 aliphatic rings. The number of aromatic nitrogens is 2. The lowest BCUT2D eigenvalue weighted by Gasteiger charge is -2.16. The number of aliphatic hydroxyl groups is 1. The van der Waals surface area contributed by atoms with Crippen molar-refractivity contribution < 1.29 is 27.8 Å². The van der Waals surface area contributed by atoms with Crippen LogP contribution in [0, 0.1) is 6.92 Å². The van der Waals surface area contributed by atoms with E-state index >= 15 is 0 Å². The average molecular weight is 356 g/mol. The van der Waals surface area contributed by atoms with E-state index in [2.05, 4.69) is 5.10 Å². The smallest absolute Gasteiger partial charge is 0.417 e. The summed E-state index contributed by atoms with van der Waals surface area (Å²) in [6.45, 7) is 3.09. The Morgan fingerprint density at radius 3 is 2.76 bits per heavy atom. The largest absolute Gasteiger partial charge is 0.491 e. The molecular formula is C17H19F3N2O3. The summed E-state index contributed by atoms with van der Waals surface area (Å²) >= 11 is 0. The van der Waals surface area contributed by atoms with E-state index in [0.29, 0.717) is 18.5 Å². The standard InChI is InChI=1S/C17H19F3N2O3/c1-3-15(23)13-7-21-22(9-13)8-12-6-14(5-4-11(12)2)25-10-16(24)17(18,19)20/h4-7,9,16,24H,3,8,10H2,1-2H3. The molecule has 136 valence electrons. The van der Waals surface area contributed by atoms with Crippen molar-refractivity contribution in [2.75, 3.05) is 6.61 Å². The zero-order valence-electron chi connectivity index (χ0n) is 13.9. The van der Waals surface area contributed by atoms with Gasteiger partial charge in [-0.3, -0.25) is 9.48 Å². The number of rotatable bonds is 7. The fourth-order valence-electron chi connectivity index (χ4n) is 2.15. The Balaban J connectivity index is 2.08. The number of hydrogen-bond acceptors (Lipinski definition) is 4. The molecule has 0 amide bonds. The number of alkyl halides is 3. The van der Waals surface area contributed by atoms with Crippen molar-refractivity contribution in [3.8, 4) is 5.75 Å². The van der Waals surface area contributed by atoms with Crippen molar-refractivity contribution in [2.45, 2.75) is 39.1 Å². The van der Waals surface area contributed by atoms with Crippen LogP contribution in [0.15, 0.2) is 30.6 Å². The van der Waals surface area contributed by atoms with E-state index in [1.165, 1.54) is 12.3 Å². The van der Waals surface area contributed by atoms with Crippen molar-refractivity contribution >= 4 is 5.78 Å². The van der Waals surface area contributed by atoms with Crippen molar-refractivity contribution in [2.24, 2.45) is 0 Å². The molecule has 1 heterocycles. The first-order valence-electron chi connectivity index (χ1n) is 7.73. The molecule has 1 N–H and O–H groups in total. The monoisotopic (exact) mass is 356 g/mol. The third kappa shape index (κ3) is 5.06. The topological polar surface area (TPSA) is 64.4 Å². The summed E-state index contributed by atoms with van der Waals surface area (Å²) in [5, 5.41) is 13.1. The Kier molecular flexibility index (Phi) is 5.84. The summed E-state index contributed by atoms with van der Waals surface area (Å²) in [6, 6.07) is 4.85. The highest BCUT2D eigenvalue weighted by molar-refractivity contribution is 5.95. The lowest BCUT2D eigenvalue weighted by molar-refractivity contribution is -0.210. The maximum absolute atomic E-state index is 12.3. The maximum atomic E-state index is 12.3. The predicted molar refractivity (Wildman–Crippen MR) is 84.7 cm³/mol. The van der Waals surface area contributed by atoms with E-state index in [-0.39, 0.29) is 11.5 Å². The van der Waals surface area contributed by atoms with Crippen LogP contribution in [0.25, 0.3) is 0 Å². The Bertz CT molecular complexity index is 741. The van der Waals surface area contributed by atoms with E-state index in [0.717, 1.165) is 11.1 Å². The minimum atomic E-state index is -4.72. The first-order valence-corrected chi connectivity index (χ1v) is 7.73. The van der Waals surface area contributed by atoms with Crippen molar-refractivity contribution in [1.82, 2.24) is 9.78 Å². The van der Waals surface area contributed by atoms with Gasteiger partial charge in [-0.15, -0.1) is 0 Å². The lowest BCUT2D eigenvalue weighted by atomic mass is 10.1. The van der Waals surface area contributed by atoms with Gasteiger partial charge in [0.1, 0.15) is 12.4 Å². The summed E-state index contributed by atoms with van der Waals surface area (Å²) < 4.78 is 43.5. The van der Waals surface area contributed by atoms with Gasteiger partial charge >= 0.3 is 6.18 Å². The van der Waals surface area contributed by atoms with Crippen LogP contribution in [0.3, 0.4) is 0 Å². The van der Waals surface area contributed by atoms with E-state index in [1.807, 2.05) is 6.92 Å². The lowest BCUT2D eigenvalue weighted by Crippen LogP contribution is -2.34. The van der Waals surface area contributed by atoms with Gasteiger partial charge in [-0.05, 0) is 30.2 Å². The Morgan fingerprint density at radius 2 is 2.12 bits per heavy atom. The molecule has 1 aromatic heterocycles. The average Bonchev–Trinajstić information content (AvgIpc) is 3.02. The second kappa shape index (κ2) is 7.69. The van der Waals surface area contributed by atoms with Gasteiger partial charge in [0.25, 0.3) is 0 Å². The molecule has 0 fully saturated rings. The summed E-state index contributed by atoms with van der Waals surface area (Å²) in [5.74, 6) is 0.210. The fraction of sp³-hybridized carbons (Fsp3) is 0.412. The molecule has 0 aliphatic carbocycles. The van der Waals surface area contributed by atoms with Gasteiger partial charge in [0.05, 0.1) is 18.3 Å². The molecule has 0 saturated heterocycles. The second-order valence-corrected chi connectivity index (χ2v) is 5.66. The maximum Gasteiger partial charge on any atom is 0.417 e. The number of benzene rings is 1. The number of aliphatic hydroxyl groups excluding tert-OH is 1.